The first-order valence-electron chi connectivity index (χ1n) is 5.79. The van der Waals surface area contributed by atoms with Gasteiger partial charge in [-0.3, -0.25) is 0 Å². The monoisotopic (exact) mass is 218 g/mol. The highest BCUT2D eigenvalue weighted by molar-refractivity contribution is 5.18. The Hall–Kier alpha value is -1.12. The van der Waals surface area contributed by atoms with E-state index in [1.54, 1.807) is 0 Å². The fraction of sp³-hybridized carbons (Fsp3) is 0.429. The van der Waals surface area contributed by atoms with Crippen LogP contribution in [0.5, 0.6) is 0 Å². The Kier molecular flexibility index (Phi) is 3.75. The lowest BCUT2D eigenvalue weighted by Crippen LogP contribution is -2.30. The quantitative estimate of drug-likeness (QED) is 0.790. The molecule has 0 unspecified atom stereocenters. The summed E-state index contributed by atoms with van der Waals surface area (Å²) < 4.78 is 5.95. The number of hydrogen-bond acceptors (Lipinski definition) is 2. The molecule has 3 atom stereocenters. The second-order valence-electron chi connectivity index (χ2n) is 4.31. The molecule has 1 saturated heterocycles. The largest absolute Gasteiger partial charge is 0.393 e. The molecule has 0 radical (unpaired) electrons. The van der Waals surface area contributed by atoms with Crippen molar-refractivity contribution in [3.63, 3.8) is 0 Å². The van der Waals surface area contributed by atoms with E-state index >= 15 is 0 Å². The van der Waals surface area contributed by atoms with Crippen molar-refractivity contribution in [1.29, 1.82) is 0 Å². The van der Waals surface area contributed by atoms with Crippen LogP contribution in [0.1, 0.15) is 30.9 Å². The minimum absolute atomic E-state index is 0.0231. The van der Waals surface area contributed by atoms with Gasteiger partial charge in [0, 0.05) is 6.42 Å². The molecule has 1 aliphatic heterocycles. The first kappa shape index (κ1) is 11.4. The fourth-order valence-corrected chi connectivity index (χ4v) is 2.21. The first-order chi connectivity index (χ1) is 7.79. The summed E-state index contributed by atoms with van der Waals surface area (Å²) in [4.78, 5) is 0. The lowest BCUT2D eigenvalue weighted by atomic mass is 9.95. The molecule has 0 amide bonds. The number of hydrogen-bond donors (Lipinski definition) is 1. The molecule has 86 valence electrons. The van der Waals surface area contributed by atoms with Crippen LogP contribution in [0.15, 0.2) is 43.0 Å². The molecule has 1 aromatic rings. The predicted octanol–water partition coefficient (Wildman–Crippen LogP) is 2.84. The van der Waals surface area contributed by atoms with Crippen molar-refractivity contribution in [3.8, 4) is 0 Å². The van der Waals surface area contributed by atoms with Crippen LogP contribution in [-0.4, -0.2) is 17.3 Å². The van der Waals surface area contributed by atoms with Crippen molar-refractivity contribution in [1.82, 2.24) is 0 Å². The molecule has 1 aromatic carbocycles. The molecule has 16 heavy (non-hydrogen) atoms. The molecule has 0 spiro atoms. The summed E-state index contributed by atoms with van der Waals surface area (Å²) in [5, 5.41) is 9.82. The van der Waals surface area contributed by atoms with Crippen molar-refractivity contribution in [2.75, 3.05) is 0 Å². The Balaban J connectivity index is 2.07. The van der Waals surface area contributed by atoms with Crippen molar-refractivity contribution < 1.29 is 9.84 Å². The van der Waals surface area contributed by atoms with Gasteiger partial charge in [0.2, 0.25) is 0 Å². The highest BCUT2D eigenvalue weighted by Gasteiger charge is 2.28. The topological polar surface area (TPSA) is 29.5 Å². The second kappa shape index (κ2) is 5.28. The summed E-state index contributed by atoms with van der Waals surface area (Å²) in [6, 6.07) is 10.1. The lowest BCUT2D eigenvalue weighted by molar-refractivity contribution is -0.0957. The number of aliphatic hydroxyl groups is 1. The summed E-state index contributed by atoms with van der Waals surface area (Å²) in [6.07, 6.45) is 3.93. The van der Waals surface area contributed by atoms with Gasteiger partial charge in [0.05, 0.1) is 18.3 Å². The zero-order valence-corrected chi connectivity index (χ0v) is 9.38. The van der Waals surface area contributed by atoms with Gasteiger partial charge < -0.3 is 9.84 Å². The van der Waals surface area contributed by atoms with Gasteiger partial charge in [-0.15, -0.1) is 6.58 Å². The number of aliphatic hydroxyl groups excluding tert-OH is 1. The van der Waals surface area contributed by atoms with Gasteiger partial charge in [-0.2, -0.15) is 0 Å². The van der Waals surface area contributed by atoms with E-state index in [-0.39, 0.29) is 18.3 Å². The fourth-order valence-electron chi connectivity index (χ4n) is 2.21. The summed E-state index contributed by atoms with van der Waals surface area (Å²) in [5.74, 6) is 0. The van der Waals surface area contributed by atoms with Gasteiger partial charge in [0.15, 0.2) is 0 Å². The van der Waals surface area contributed by atoms with E-state index in [2.05, 4.69) is 6.58 Å². The van der Waals surface area contributed by atoms with Crippen molar-refractivity contribution in [3.05, 3.63) is 48.6 Å². The van der Waals surface area contributed by atoms with E-state index in [4.69, 9.17) is 4.74 Å². The Morgan fingerprint density at radius 2 is 2.06 bits per heavy atom. The van der Waals surface area contributed by atoms with Crippen LogP contribution >= 0.6 is 0 Å². The maximum atomic E-state index is 9.82. The van der Waals surface area contributed by atoms with Crippen LogP contribution in [-0.2, 0) is 4.74 Å². The molecule has 0 saturated carbocycles. The van der Waals surface area contributed by atoms with Gasteiger partial charge in [0.1, 0.15) is 0 Å². The van der Waals surface area contributed by atoms with E-state index in [1.165, 1.54) is 0 Å². The maximum absolute atomic E-state index is 9.82. The van der Waals surface area contributed by atoms with Crippen LogP contribution < -0.4 is 0 Å². The molecule has 0 bridgehead atoms. The first-order valence-corrected chi connectivity index (χ1v) is 5.79. The van der Waals surface area contributed by atoms with Crippen molar-refractivity contribution >= 4 is 0 Å². The van der Waals surface area contributed by atoms with Gasteiger partial charge in [-0.25, -0.2) is 0 Å². The molecular formula is C14H18O2. The highest BCUT2D eigenvalue weighted by atomic mass is 16.5. The van der Waals surface area contributed by atoms with Crippen LogP contribution in [0.2, 0.25) is 0 Å². The van der Waals surface area contributed by atoms with Gasteiger partial charge in [0.25, 0.3) is 0 Å². The number of benzene rings is 1. The Labute approximate surface area is 96.6 Å². The third-order valence-electron chi connectivity index (χ3n) is 2.98. The lowest BCUT2D eigenvalue weighted by Gasteiger charge is -2.33. The summed E-state index contributed by atoms with van der Waals surface area (Å²) in [5.41, 5.74) is 1.15. The standard InChI is InChI=1S/C14H18O2/c1-2-6-13-9-12(15)10-14(16-13)11-7-4-3-5-8-11/h2-5,7-8,12-15H,1,6,9-10H2/t12-,13-,14-/m0/s1. The van der Waals surface area contributed by atoms with Gasteiger partial charge >= 0.3 is 0 Å². The van der Waals surface area contributed by atoms with E-state index in [9.17, 15) is 5.11 Å². The van der Waals surface area contributed by atoms with Crippen LogP contribution in [0.4, 0.5) is 0 Å². The molecular weight excluding hydrogens is 200 g/mol. The average molecular weight is 218 g/mol. The second-order valence-corrected chi connectivity index (χ2v) is 4.31. The van der Waals surface area contributed by atoms with Crippen molar-refractivity contribution in [2.45, 2.75) is 37.6 Å². The summed E-state index contributed by atoms with van der Waals surface area (Å²) in [7, 11) is 0. The Bertz CT molecular complexity index is 334. The highest BCUT2D eigenvalue weighted by Crippen LogP contribution is 2.32. The molecule has 2 rings (SSSR count). The SMILES string of the molecule is C=CC[C@H]1C[C@H](O)C[C@@H](c2ccccc2)O1. The average Bonchev–Trinajstić information content (AvgIpc) is 2.30. The predicted molar refractivity (Wildman–Crippen MR) is 64.1 cm³/mol. The Morgan fingerprint density at radius 1 is 1.31 bits per heavy atom. The van der Waals surface area contributed by atoms with Crippen LogP contribution in [0, 0.1) is 0 Å². The third kappa shape index (κ3) is 2.71. The molecule has 1 N–H and O–H groups in total. The van der Waals surface area contributed by atoms with Crippen LogP contribution in [0.3, 0.4) is 0 Å². The zero-order valence-electron chi connectivity index (χ0n) is 9.38. The van der Waals surface area contributed by atoms with Gasteiger partial charge in [-0.1, -0.05) is 36.4 Å². The summed E-state index contributed by atoms with van der Waals surface area (Å²) in [6.45, 7) is 3.72. The minimum Gasteiger partial charge on any atom is -0.393 e. The van der Waals surface area contributed by atoms with E-state index in [0.29, 0.717) is 6.42 Å². The molecule has 0 aliphatic carbocycles. The smallest absolute Gasteiger partial charge is 0.0853 e. The van der Waals surface area contributed by atoms with Gasteiger partial charge in [-0.05, 0) is 18.4 Å². The van der Waals surface area contributed by atoms with Crippen LogP contribution in [0.25, 0.3) is 0 Å². The molecule has 1 fully saturated rings. The Morgan fingerprint density at radius 3 is 2.75 bits per heavy atom. The number of ether oxygens (including phenoxy) is 1. The normalized spacial score (nSPS) is 29.9. The zero-order chi connectivity index (χ0) is 11.4. The number of rotatable bonds is 3. The molecule has 0 aromatic heterocycles. The minimum atomic E-state index is -0.260. The van der Waals surface area contributed by atoms with Crippen molar-refractivity contribution in [2.24, 2.45) is 0 Å². The van der Waals surface area contributed by atoms with E-state index in [0.717, 1.165) is 18.4 Å². The molecule has 1 aliphatic rings. The third-order valence-corrected chi connectivity index (χ3v) is 2.98. The van der Waals surface area contributed by atoms with E-state index in [1.807, 2.05) is 36.4 Å². The maximum Gasteiger partial charge on any atom is 0.0853 e. The molecule has 1 heterocycles. The summed E-state index contributed by atoms with van der Waals surface area (Å²) >= 11 is 0. The molecule has 2 heteroatoms. The molecule has 2 nitrogen and oxygen atoms in total. The van der Waals surface area contributed by atoms with E-state index < -0.39 is 0 Å².